The Labute approximate surface area is 120 Å². The molecule has 0 bridgehead atoms. The lowest BCUT2D eigenvalue weighted by atomic mass is 10.0. The van der Waals surface area contributed by atoms with Gasteiger partial charge in [-0.25, -0.2) is 0 Å². The summed E-state index contributed by atoms with van der Waals surface area (Å²) in [5, 5.41) is 7.12. The molecule has 1 aromatic carbocycles. The van der Waals surface area contributed by atoms with Crippen molar-refractivity contribution in [1.29, 1.82) is 0 Å². The third-order valence-electron chi connectivity index (χ3n) is 3.17. The van der Waals surface area contributed by atoms with Gasteiger partial charge in [0.2, 0.25) is 0 Å². The van der Waals surface area contributed by atoms with E-state index in [1.807, 2.05) is 17.5 Å². The van der Waals surface area contributed by atoms with Crippen molar-refractivity contribution in [3.8, 4) is 0 Å². The molecule has 2 heterocycles. The van der Waals surface area contributed by atoms with Gasteiger partial charge in [0.15, 0.2) is 0 Å². The van der Waals surface area contributed by atoms with Crippen LogP contribution in [0.4, 0.5) is 0 Å². The Hall–Kier alpha value is -1.30. The van der Waals surface area contributed by atoms with E-state index in [0.29, 0.717) is 0 Å². The first-order valence-electron chi connectivity index (χ1n) is 6.34. The Balaban J connectivity index is 1.89. The average molecular weight is 289 g/mol. The van der Waals surface area contributed by atoms with Crippen molar-refractivity contribution in [3.05, 3.63) is 47.1 Å². The van der Waals surface area contributed by atoms with Crippen molar-refractivity contribution >= 4 is 33.2 Å². The Morgan fingerprint density at radius 3 is 3.00 bits per heavy atom. The SMILES string of the molecule is CCNC(Cc1csc2ccccc12)c1cnsn1. The van der Waals surface area contributed by atoms with Crippen LogP contribution in [-0.2, 0) is 6.42 Å². The summed E-state index contributed by atoms with van der Waals surface area (Å²) in [5.41, 5.74) is 2.43. The van der Waals surface area contributed by atoms with Gasteiger partial charge in [0, 0.05) is 4.70 Å². The third kappa shape index (κ3) is 2.68. The van der Waals surface area contributed by atoms with Crippen LogP contribution in [0.1, 0.15) is 24.2 Å². The van der Waals surface area contributed by atoms with Crippen molar-refractivity contribution in [1.82, 2.24) is 14.1 Å². The number of aromatic nitrogens is 2. The Morgan fingerprint density at radius 2 is 2.21 bits per heavy atom. The molecular formula is C14H15N3S2. The second-order valence-electron chi connectivity index (χ2n) is 4.40. The molecule has 0 saturated carbocycles. The van der Waals surface area contributed by atoms with Gasteiger partial charge >= 0.3 is 0 Å². The quantitative estimate of drug-likeness (QED) is 0.779. The number of nitrogens with zero attached hydrogens (tertiary/aromatic N) is 2. The number of nitrogens with one attached hydrogen (secondary N) is 1. The summed E-state index contributed by atoms with van der Waals surface area (Å²) in [6, 6.07) is 8.82. The lowest BCUT2D eigenvalue weighted by molar-refractivity contribution is 0.542. The van der Waals surface area contributed by atoms with Gasteiger partial charge in [-0.1, -0.05) is 25.1 Å². The van der Waals surface area contributed by atoms with Gasteiger partial charge in [0.05, 0.1) is 29.7 Å². The molecular weight excluding hydrogens is 274 g/mol. The predicted octanol–water partition coefficient (Wildman–Crippen LogP) is 3.65. The highest BCUT2D eigenvalue weighted by molar-refractivity contribution is 7.17. The van der Waals surface area contributed by atoms with Crippen LogP contribution in [0.5, 0.6) is 0 Å². The monoisotopic (exact) mass is 289 g/mol. The van der Waals surface area contributed by atoms with Crippen molar-refractivity contribution in [2.75, 3.05) is 6.54 Å². The maximum absolute atomic E-state index is 4.37. The van der Waals surface area contributed by atoms with Crippen LogP contribution in [0.15, 0.2) is 35.8 Å². The number of likely N-dealkylation sites (N-methyl/N-ethyl adjacent to an activating group) is 1. The number of hydrogen-bond acceptors (Lipinski definition) is 5. The Bertz CT molecular complexity index is 646. The van der Waals surface area contributed by atoms with Gasteiger partial charge < -0.3 is 5.32 Å². The van der Waals surface area contributed by atoms with Gasteiger partial charge in [0.1, 0.15) is 0 Å². The lowest BCUT2D eigenvalue weighted by Gasteiger charge is -2.14. The van der Waals surface area contributed by atoms with Crippen molar-refractivity contribution in [2.24, 2.45) is 0 Å². The third-order valence-corrected chi connectivity index (χ3v) is 4.68. The average Bonchev–Trinajstić information content (AvgIpc) is 3.08. The molecule has 19 heavy (non-hydrogen) atoms. The molecule has 1 N–H and O–H groups in total. The molecule has 1 atom stereocenters. The summed E-state index contributed by atoms with van der Waals surface area (Å²) < 4.78 is 9.83. The molecule has 0 aliphatic heterocycles. The van der Waals surface area contributed by atoms with Gasteiger partial charge in [-0.3, -0.25) is 0 Å². The van der Waals surface area contributed by atoms with Crippen LogP contribution in [-0.4, -0.2) is 15.3 Å². The van der Waals surface area contributed by atoms with E-state index in [1.54, 1.807) is 0 Å². The Kier molecular flexibility index (Phi) is 3.87. The molecule has 0 spiro atoms. The van der Waals surface area contributed by atoms with Crippen LogP contribution < -0.4 is 5.32 Å². The van der Waals surface area contributed by atoms with E-state index in [9.17, 15) is 0 Å². The fourth-order valence-corrected chi connectivity index (χ4v) is 3.71. The normalized spacial score (nSPS) is 12.9. The molecule has 3 aromatic rings. The summed E-state index contributed by atoms with van der Waals surface area (Å²) in [5.74, 6) is 0. The van der Waals surface area contributed by atoms with E-state index in [-0.39, 0.29) is 6.04 Å². The summed E-state index contributed by atoms with van der Waals surface area (Å²) >= 11 is 3.08. The molecule has 2 aromatic heterocycles. The highest BCUT2D eigenvalue weighted by Crippen LogP contribution is 2.29. The molecule has 3 rings (SSSR count). The Morgan fingerprint density at radius 1 is 1.32 bits per heavy atom. The molecule has 0 radical (unpaired) electrons. The fourth-order valence-electron chi connectivity index (χ4n) is 2.26. The van der Waals surface area contributed by atoms with E-state index in [1.165, 1.54) is 27.4 Å². The van der Waals surface area contributed by atoms with E-state index in [2.05, 4.69) is 50.6 Å². The lowest BCUT2D eigenvalue weighted by Crippen LogP contribution is -2.23. The minimum Gasteiger partial charge on any atom is -0.309 e. The van der Waals surface area contributed by atoms with E-state index < -0.39 is 0 Å². The zero-order valence-corrected chi connectivity index (χ0v) is 12.3. The number of rotatable bonds is 5. The van der Waals surface area contributed by atoms with Crippen LogP contribution in [0, 0.1) is 0 Å². The van der Waals surface area contributed by atoms with Crippen molar-refractivity contribution in [3.63, 3.8) is 0 Å². The molecule has 0 aliphatic carbocycles. The summed E-state index contributed by atoms with van der Waals surface area (Å²) in [7, 11) is 0. The molecule has 0 fully saturated rings. The first-order valence-corrected chi connectivity index (χ1v) is 7.95. The summed E-state index contributed by atoms with van der Waals surface area (Å²) in [6.45, 7) is 3.06. The van der Waals surface area contributed by atoms with Gasteiger partial charge in [-0.15, -0.1) is 11.3 Å². The maximum Gasteiger partial charge on any atom is 0.0915 e. The minimum absolute atomic E-state index is 0.252. The van der Waals surface area contributed by atoms with E-state index >= 15 is 0 Å². The zero-order valence-electron chi connectivity index (χ0n) is 10.7. The molecule has 1 unspecified atom stereocenters. The largest absolute Gasteiger partial charge is 0.309 e. The zero-order chi connectivity index (χ0) is 13.1. The number of hydrogen-bond donors (Lipinski definition) is 1. The van der Waals surface area contributed by atoms with E-state index in [0.717, 1.165) is 18.7 Å². The molecule has 3 nitrogen and oxygen atoms in total. The second kappa shape index (κ2) is 5.77. The predicted molar refractivity (Wildman–Crippen MR) is 81.9 cm³/mol. The molecule has 0 amide bonds. The fraction of sp³-hybridized carbons (Fsp3) is 0.286. The van der Waals surface area contributed by atoms with Gasteiger partial charge in [-0.05, 0) is 35.4 Å². The molecule has 0 aliphatic rings. The van der Waals surface area contributed by atoms with Gasteiger partial charge in [0.25, 0.3) is 0 Å². The van der Waals surface area contributed by atoms with Crippen LogP contribution in [0.3, 0.4) is 0 Å². The van der Waals surface area contributed by atoms with Crippen LogP contribution >= 0.6 is 23.1 Å². The first-order chi connectivity index (χ1) is 9.38. The molecule has 5 heteroatoms. The van der Waals surface area contributed by atoms with Gasteiger partial charge in [-0.2, -0.15) is 8.75 Å². The summed E-state index contributed by atoms with van der Waals surface area (Å²) in [4.78, 5) is 0. The number of benzene rings is 1. The topological polar surface area (TPSA) is 37.8 Å². The van der Waals surface area contributed by atoms with Crippen LogP contribution in [0.25, 0.3) is 10.1 Å². The highest BCUT2D eigenvalue weighted by Gasteiger charge is 2.16. The van der Waals surface area contributed by atoms with Crippen molar-refractivity contribution < 1.29 is 0 Å². The molecule has 98 valence electrons. The standard InChI is InChI=1S/C14H15N3S2/c1-2-15-12(13-8-16-19-17-13)7-10-9-18-14-6-4-3-5-11(10)14/h3-6,8-9,12,15H,2,7H2,1H3. The molecule has 0 saturated heterocycles. The highest BCUT2D eigenvalue weighted by atomic mass is 32.1. The smallest absolute Gasteiger partial charge is 0.0915 e. The first kappa shape index (κ1) is 12.7. The number of fused-ring (bicyclic) bond motifs is 1. The van der Waals surface area contributed by atoms with Crippen LogP contribution in [0.2, 0.25) is 0 Å². The maximum atomic E-state index is 4.37. The summed E-state index contributed by atoms with van der Waals surface area (Å²) in [6.07, 6.45) is 2.83. The van der Waals surface area contributed by atoms with E-state index in [4.69, 9.17) is 0 Å². The number of thiophene rings is 1. The minimum atomic E-state index is 0.252. The van der Waals surface area contributed by atoms with Crippen molar-refractivity contribution in [2.45, 2.75) is 19.4 Å². The second-order valence-corrected chi connectivity index (χ2v) is 5.87.